The summed E-state index contributed by atoms with van der Waals surface area (Å²) in [6.07, 6.45) is 6.05. The minimum atomic E-state index is -0.490. The van der Waals surface area contributed by atoms with Gasteiger partial charge in [0.15, 0.2) is 0 Å². The molecule has 0 bridgehead atoms. The molecule has 1 aromatic rings. The average Bonchev–Trinajstić information content (AvgIpc) is 3.18. The van der Waals surface area contributed by atoms with Crippen LogP contribution in [-0.4, -0.2) is 28.2 Å². The summed E-state index contributed by atoms with van der Waals surface area (Å²) in [5.74, 6) is 2.82. The molecular formula is C24H32O4. The zero-order valence-electron chi connectivity index (χ0n) is 17.1. The van der Waals surface area contributed by atoms with Crippen molar-refractivity contribution in [3.05, 3.63) is 35.3 Å². The van der Waals surface area contributed by atoms with Gasteiger partial charge in [0.1, 0.15) is 17.3 Å². The second kappa shape index (κ2) is 6.06. The van der Waals surface area contributed by atoms with E-state index in [1.165, 1.54) is 5.57 Å². The Labute approximate surface area is 167 Å². The summed E-state index contributed by atoms with van der Waals surface area (Å²) in [6, 6.07) is 4.07. The van der Waals surface area contributed by atoms with Gasteiger partial charge in [0.05, 0.1) is 12.2 Å². The summed E-state index contributed by atoms with van der Waals surface area (Å²) in [7, 11) is 0. The van der Waals surface area contributed by atoms with Gasteiger partial charge in [-0.05, 0) is 74.3 Å². The van der Waals surface area contributed by atoms with E-state index in [9.17, 15) is 15.0 Å². The van der Waals surface area contributed by atoms with Crippen molar-refractivity contribution in [1.82, 2.24) is 0 Å². The van der Waals surface area contributed by atoms with E-state index in [-0.39, 0.29) is 35.2 Å². The topological polar surface area (TPSA) is 70.7 Å². The molecule has 4 aliphatic rings. The molecule has 0 spiro atoms. The second-order valence-electron chi connectivity index (χ2n) is 10.3. The van der Waals surface area contributed by atoms with E-state index in [4.69, 9.17) is 4.42 Å². The van der Waals surface area contributed by atoms with Crippen LogP contribution in [0.3, 0.4) is 0 Å². The molecule has 4 heteroatoms. The number of ketones is 1. The monoisotopic (exact) mass is 384 g/mol. The highest BCUT2D eigenvalue weighted by Crippen LogP contribution is 2.66. The number of carbonyl (C=O) groups is 1. The van der Waals surface area contributed by atoms with E-state index >= 15 is 0 Å². The predicted molar refractivity (Wildman–Crippen MR) is 106 cm³/mol. The normalized spacial score (nSPS) is 47.9. The number of hydrogen-bond donors (Lipinski definition) is 2. The molecule has 28 heavy (non-hydrogen) atoms. The quantitative estimate of drug-likeness (QED) is 0.714. The molecule has 152 valence electrons. The van der Waals surface area contributed by atoms with Crippen LogP contribution < -0.4 is 0 Å². The van der Waals surface area contributed by atoms with Crippen molar-refractivity contribution in [2.75, 3.05) is 0 Å². The van der Waals surface area contributed by atoms with Gasteiger partial charge in [-0.15, -0.1) is 0 Å². The smallest absolute Gasteiger partial charge is 0.139 e. The number of hydrogen-bond acceptors (Lipinski definition) is 4. The Hall–Kier alpha value is -1.39. The number of allylic oxidation sites excluding steroid dienone is 1. The van der Waals surface area contributed by atoms with Crippen LogP contribution in [0.25, 0.3) is 0 Å². The zero-order valence-corrected chi connectivity index (χ0v) is 17.1. The summed E-state index contributed by atoms with van der Waals surface area (Å²) < 4.78 is 6.08. The summed E-state index contributed by atoms with van der Waals surface area (Å²) in [6.45, 7) is 6.34. The Kier molecular flexibility index (Phi) is 4.03. The van der Waals surface area contributed by atoms with Crippen LogP contribution in [-0.2, 0) is 4.79 Å². The Bertz CT molecular complexity index is 837. The van der Waals surface area contributed by atoms with Crippen LogP contribution in [0.5, 0.6) is 0 Å². The fourth-order valence-corrected chi connectivity index (χ4v) is 7.46. The number of Topliss-reactive ketones (excluding diaryl/α,β-unsaturated/α-hetero) is 1. The molecule has 0 aliphatic heterocycles. The molecule has 1 heterocycles. The van der Waals surface area contributed by atoms with Crippen molar-refractivity contribution in [1.29, 1.82) is 0 Å². The van der Waals surface area contributed by atoms with Crippen LogP contribution in [0.15, 0.2) is 28.2 Å². The Balaban J connectivity index is 1.68. The first-order valence-electron chi connectivity index (χ1n) is 10.9. The number of aliphatic hydroxyl groups is 2. The first kappa shape index (κ1) is 18.6. The van der Waals surface area contributed by atoms with Crippen LogP contribution >= 0.6 is 0 Å². The lowest BCUT2D eigenvalue weighted by Crippen LogP contribution is -2.58. The van der Waals surface area contributed by atoms with Crippen molar-refractivity contribution in [2.24, 2.45) is 28.6 Å². The maximum absolute atomic E-state index is 12.8. The van der Waals surface area contributed by atoms with Crippen molar-refractivity contribution < 1.29 is 19.4 Å². The van der Waals surface area contributed by atoms with Gasteiger partial charge in [-0.25, -0.2) is 0 Å². The molecule has 4 aliphatic carbocycles. The second-order valence-corrected chi connectivity index (χ2v) is 10.3. The molecular weight excluding hydrogens is 352 g/mol. The fourth-order valence-electron chi connectivity index (χ4n) is 7.46. The molecule has 2 N–H and O–H groups in total. The third kappa shape index (κ3) is 2.40. The molecule has 5 rings (SSSR count). The summed E-state index contributed by atoms with van der Waals surface area (Å²) in [5, 5.41) is 21.7. The van der Waals surface area contributed by atoms with Crippen molar-refractivity contribution in [3.63, 3.8) is 0 Å². The van der Waals surface area contributed by atoms with Gasteiger partial charge in [0.25, 0.3) is 0 Å². The number of aryl methyl sites for hydroxylation is 1. The van der Waals surface area contributed by atoms with E-state index in [1.54, 1.807) is 0 Å². The predicted octanol–water partition coefficient (Wildman–Crippen LogP) is 4.15. The van der Waals surface area contributed by atoms with E-state index in [2.05, 4.69) is 26.0 Å². The van der Waals surface area contributed by atoms with Gasteiger partial charge in [0.2, 0.25) is 0 Å². The van der Waals surface area contributed by atoms with Crippen molar-refractivity contribution >= 4 is 5.78 Å². The number of furan rings is 1. The zero-order chi connectivity index (χ0) is 19.8. The molecule has 3 saturated carbocycles. The average molecular weight is 385 g/mol. The Morgan fingerprint density at radius 2 is 1.93 bits per heavy atom. The number of aliphatic hydroxyl groups excluding tert-OH is 2. The molecule has 0 saturated heterocycles. The maximum atomic E-state index is 12.8. The van der Waals surface area contributed by atoms with Crippen molar-refractivity contribution in [2.45, 2.75) is 77.4 Å². The SMILES string of the molecule is Cc1ccc([C@@H]2C=C3C[C@@H](O)CC[C@]3(C)C3[C@@H]2[C@@H]2CCC(=O)[C@@]2(C)C[C@H]3O)o1. The molecule has 0 amide bonds. The Morgan fingerprint density at radius 3 is 2.64 bits per heavy atom. The highest BCUT2D eigenvalue weighted by molar-refractivity contribution is 5.87. The van der Waals surface area contributed by atoms with E-state index in [0.717, 1.165) is 30.8 Å². The molecule has 8 atom stereocenters. The van der Waals surface area contributed by atoms with E-state index in [1.807, 2.05) is 13.0 Å². The van der Waals surface area contributed by atoms with Gasteiger partial charge in [-0.3, -0.25) is 4.79 Å². The molecule has 1 unspecified atom stereocenters. The minimum absolute atomic E-state index is 0.0669. The highest BCUT2D eigenvalue weighted by atomic mass is 16.3. The van der Waals surface area contributed by atoms with E-state index in [0.29, 0.717) is 25.0 Å². The van der Waals surface area contributed by atoms with Gasteiger partial charge in [-0.1, -0.05) is 25.5 Å². The lowest BCUT2D eigenvalue weighted by molar-refractivity contribution is -0.147. The van der Waals surface area contributed by atoms with Gasteiger partial charge < -0.3 is 14.6 Å². The number of carbonyl (C=O) groups excluding carboxylic acids is 1. The molecule has 1 aromatic heterocycles. The standard InChI is InChI=1S/C24H32O4/c1-13-4-6-19(28-13)16-11-14-10-15(25)8-9-23(14,2)22-18(26)12-24(3)17(21(16)22)5-7-20(24)27/h4,6,11,15-18,21-22,25-26H,5,7-10,12H2,1-3H3/t15-,16-,17-,18+,21-,22?,23-,24-/m0/s1. The molecule has 0 aromatic carbocycles. The molecule has 3 fully saturated rings. The van der Waals surface area contributed by atoms with Crippen LogP contribution in [0, 0.1) is 35.5 Å². The third-order valence-electron chi connectivity index (χ3n) is 8.87. The molecule has 4 nitrogen and oxygen atoms in total. The van der Waals surface area contributed by atoms with Crippen molar-refractivity contribution in [3.8, 4) is 0 Å². The number of rotatable bonds is 1. The molecule has 0 radical (unpaired) electrons. The lowest BCUT2D eigenvalue weighted by atomic mass is 9.45. The van der Waals surface area contributed by atoms with E-state index < -0.39 is 11.5 Å². The highest BCUT2D eigenvalue weighted by Gasteiger charge is 2.64. The summed E-state index contributed by atoms with van der Waals surface area (Å²) >= 11 is 0. The van der Waals surface area contributed by atoms with Gasteiger partial charge in [-0.2, -0.15) is 0 Å². The third-order valence-corrected chi connectivity index (χ3v) is 8.87. The summed E-state index contributed by atoms with van der Waals surface area (Å²) in [4.78, 5) is 12.8. The van der Waals surface area contributed by atoms with Crippen LogP contribution in [0.1, 0.15) is 69.8 Å². The fraction of sp³-hybridized carbons (Fsp3) is 0.708. The van der Waals surface area contributed by atoms with Gasteiger partial charge in [0, 0.05) is 17.8 Å². The van der Waals surface area contributed by atoms with Gasteiger partial charge >= 0.3 is 0 Å². The first-order chi connectivity index (χ1) is 13.2. The number of fused-ring (bicyclic) bond motifs is 5. The lowest BCUT2D eigenvalue weighted by Gasteiger charge is -2.60. The maximum Gasteiger partial charge on any atom is 0.139 e. The summed E-state index contributed by atoms with van der Waals surface area (Å²) in [5.41, 5.74) is 0.753. The first-order valence-corrected chi connectivity index (χ1v) is 10.9. The van der Waals surface area contributed by atoms with Crippen LogP contribution in [0.2, 0.25) is 0 Å². The Morgan fingerprint density at radius 1 is 1.14 bits per heavy atom. The largest absolute Gasteiger partial charge is 0.466 e. The minimum Gasteiger partial charge on any atom is -0.466 e. The van der Waals surface area contributed by atoms with Crippen LogP contribution in [0.4, 0.5) is 0 Å².